The van der Waals surface area contributed by atoms with Gasteiger partial charge in [0.2, 0.25) is 0 Å². The number of fused-ring (bicyclic) bond motifs is 1. The summed E-state index contributed by atoms with van der Waals surface area (Å²) < 4.78 is 16.1. The molecule has 4 aromatic rings. The summed E-state index contributed by atoms with van der Waals surface area (Å²) in [5, 5.41) is 19.5. The second-order valence-corrected chi connectivity index (χ2v) is 9.15. The number of rotatable bonds is 6. The molecule has 0 amide bonds. The third-order valence-electron chi connectivity index (χ3n) is 6.75. The Morgan fingerprint density at radius 1 is 0.902 bits per heavy atom. The summed E-state index contributed by atoms with van der Waals surface area (Å²) in [7, 11) is 3.84. The van der Waals surface area contributed by atoms with Gasteiger partial charge in [-0.2, -0.15) is 5.26 Å². The fourth-order valence-corrected chi connectivity index (χ4v) is 4.99. The van der Waals surface area contributed by atoms with Crippen molar-refractivity contribution in [3.8, 4) is 17.5 Å². The minimum absolute atomic E-state index is 0.0392. The first-order chi connectivity index (χ1) is 19.8. The molecule has 0 aliphatic carbocycles. The zero-order chi connectivity index (χ0) is 29.3. The molecule has 0 fully saturated rings. The lowest BCUT2D eigenvalue weighted by Gasteiger charge is -2.36. The molecular weight excluding hydrogens is 524 g/mol. The maximum atomic E-state index is 13.5. The average Bonchev–Trinajstić information content (AvgIpc) is 3.44. The highest BCUT2D eigenvalue weighted by Crippen LogP contribution is 2.46. The molecule has 0 spiro atoms. The minimum Gasteiger partial charge on any atom is -0.492 e. The summed E-state index contributed by atoms with van der Waals surface area (Å²) in [6.07, 6.45) is 0. The maximum Gasteiger partial charge on any atom is 0.355 e. The first kappa shape index (κ1) is 27.0. The number of aryl methyl sites for hydroxylation is 1. The lowest BCUT2D eigenvalue weighted by molar-refractivity contribution is -0.139. The van der Waals surface area contributed by atoms with E-state index in [0.29, 0.717) is 22.3 Å². The molecule has 11 heteroatoms. The first-order valence-electron chi connectivity index (χ1n) is 12.5. The van der Waals surface area contributed by atoms with Crippen LogP contribution in [0.2, 0.25) is 0 Å². The van der Waals surface area contributed by atoms with Crippen LogP contribution in [0, 0.1) is 18.3 Å². The van der Waals surface area contributed by atoms with E-state index in [2.05, 4.69) is 16.3 Å². The van der Waals surface area contributed by atoms with Crippen molar-refractivity contribution < 1.29 is 23.8 Å². The average molecular weight is 551 g/mol. The van der Waals surface area contributed by atoms with Crippen LogP contribution in [-0.2, 0) is 19.1 Å². The molecule has 3 aromatic carbocycles. The van der Waals surface area contributed by atoms with Crippen LogP contribution in [0.3, 0.4) is 0 Å². The van der Waals surface area contributed by atoms with Crippen LogP contribution >= 0.6 is 0 Å². The van der Waals surface area contributed by atoms with Crippen molar-refractivity contribution in [1.82, 2.24) is 15.0 Å². The van der Waals surface area contributed by atoms with E-state index in [-0.39, 0.29) is 34.1 Å². The van der Waals surface area contributed by atoms with Gasteiger partial charge in [-0.3, -0.25) is 4.90 Å². The number of anilines is 1. The monoisotopic (exact) mass is 550 g/mol. The second-order valence-electron chi connectivity index (χ2n) is 9.15. The highest BCUT2D eigenvalue weighted by atomic mass is 16.5. The molecule has 0 saturated heterocycles. The number of carbonyl (C=O) groups excluding carboxylic acids is 2. The van der Waals surface area contributed by atoms with Crippen LogP contribution in [0.5, 0.6) is 5.75 Å². The van der Waals surface area contributed by atoms with E-state index in [1.807, 2.05) is 37.3 Å². The molecule has 1 unspecified atom stereocenters. The van der Waals surface area contributed by atoms with Crippen LogP contribution in [0.15, 0.2) is 89.4 Å². The number of carbonyl (C=O) groups is 2. The van der Waals surface area contributed by atoms with E-state index in [1.165, 1.54) is 31.0 Å². The van der Waals surface area contributed by atoms with Gasteiger partial charge < -0.3 is 19.9 Å². The lowest BCUT2D eigenvalue weighted by Crippen LogP contribution is -2.41. The fraction of sp³-hybridized carbons (Fsp3) is 0.167. The zero-order valence-corrected chi connectivity index (χ0v) is 22.8. The number of ether oxygens (including phenoxy) is 3. The van der Waals surface area contributed by atoms with Gasteiger partial charge in [0, 0.05) is 0 Å². The predicted octanol–water partition coefficient (Wildman–Crippen LogP) is 3.64. The summed E-state index contributed by atoms with van der Waals surface area (Å²) in [6.45, 7) is 1.83. The lowest BCUT2D eigenvalue weighted by atomic mass is 9.81. The molecule has 0 bridgehead atoms. The zero-order valence-electron chi connectivity index (χ0n) is 22.8. The molecule has 5 rings (SSSR count). The van der Waals surface area contributed by atoms with Crippen molar-refractivity contribution in [2.75, 3.05) is 26.2 Å². The first-order valence-corrected chi connectivity index (χ1v) is 12.5. The largest absolute Gasteiger partial charge is 0.492 e. The molecule has 41 heavy (non-hydrogen) atoms. The highest BCUT2D eigenvalue weighted by Gasteiger charge is 2.44. The van der Waals surface area contributed by atoms with Gasteiger partial charge in [0.05, 0.1) is 50.2 Å². The third kappa shape index (κ3) is 4.51. The van der Waals surface area contributed by atoms with E-state index in [9.17, 15) is 14.9 Å². The molecular formula is C30H26N6O5. The summed E-state index contributed by atoms with van der Waals surface area (Å²) in [4.78, 5) is 29.6. The molecule has 1 atom stereocenters. The van der Waals surface area contributed by atoms with Gasteiger partial charge in [0.25, 0.3) is 0 Å². The number of nitrogens with zero attached hydrogens (tertiary/aromatic N) is 5. The third-order valence-corrected chi connectivity index (χ3v) is 6.75. The van der Waals surface area contributed by atoms with Crippen molar-refractivity contribution in [1.29, 1.82) is 5.26 Å². The van der Waals surface area contributed by atoms with E-state index < -0.39 is 17.9 Å². The summed E-state index contributed by atoms with van der Waals surface area (Å²) in [6, 6.07) is 21.8. The Morgan fingerprint density at radius 3 is 2.05 bits per heavy atom. The Balaban J connectivity index is 1.85. The summed E-state index contributed by atoms with van der Waals surface area (Å²) in [5.41, 5.74) is 9.76. The van der Waals surface area contributed by atoms with E-state index >= 15 is 0 Å². The second kappa shape index (κ2) is 10.9. The van der Waals surface area contributed by atoms with Crippen LogP contribution in [-0.4, -0.2) is 48.3 Å². The molecule has 0 saturated carbocycles. The van der Waals surface area contributed by atoms with Crippen LogP contribution in [0.4, 0.5) is 5.69 Å². The molecule has 0 radical (unpaired) electrons. The molecule has 1 aliphatic rings. The van der Waals surface area contributed by atoms with Crippen molar-refractivity contribution in [3.05, 3.63) is 101 Å². The number of esters is 2. The number of hydrogen-bond donors (Lipinski definition) is 1. The standard InChI is InChI=1S/C30H26N6O5/c1-17-14-22(27(39-2)23(15-17)36-33-20-12-8-9-13-21(20)34-36)35-26(30(38)41-4)25(29(37)40-3)24(19(16-31)28(35)32)18-10-6-5-7-11-18/h5-15,24H,32H2,1-4H3. The molecule has 1 aliphatic heterocycles. The van der Waals surface area contributed by atoms with E-state index in [0.717, 1.165) is 5.56 Å². The van der Waals surface area contributed by atoms with Gasteiger partial charge in [0.15, 0.2) is 5.75 Å². The molecule has 1 aromatic heterocycles. The highest BCUT2D eigenvalue weighted by molar-refractivity contribution is 6.07. The Morgan fingerprint density at radius 2 is 1.49 bits per heavy atom. The van der Waals surface area contributed by atoms with E-state index in [1.54, 1.807) is 36.4 Å². The number of methoxy groups -OCH3 is 3. The van der Waals surface area contributed by atoms with Crippen molar-refractivity contribution in [3.63, 3.8) is 0 Å². The fourth-order valence-electron chi connectivity index (χ4n) is 4.99. The Hall–Kier alpha value is -5.63. The number of allylic oxidation sites excluding steroid dienone is 1. The molecule has 2 heterocycles. The van der Waals surface area contributed by atoms with Gasteiger partial charge in [-0.15, -0.1) is 15.0 Å². The number of hydrogen-bond acceptors (Lipinski definition) is 10. The summed E-state index contributed by atoms with van der Waals surface area (Å²) in [5.74, 6) is -2.52. The number of benzene rings is 3. The van der Waals surface area contributed by atoms with Crippen molar-refractivity contribution >= 4 is 28.7 Å². The quantitative estimate of drug-likeness (QED) is 0.353. The molecule has 206 valence electrons. The Labute approximate surface area is 235 Å². The Bertz CT molecular complexity index is 1750. The summed E-state index contributed by atoms with van der Waals surface area (Å²) >= 11 is 0. The van der Waals surface area contributed by atoms with Gasteiger partial charge >= 0.3 is 11.9 Å². The van der Waals surface area contributed by atoms with Crippen LogP contribution in [0.25, 0.3) is 16.7 Å². The SMILES string of the molecule is COC(=O)C1=C(C(=O)OC)N(c2cc(C)cc(-n3nc4ccccc4n3)c2OC)C(N)=C(C#N)C1c1ccccc1. The van der Waals surface area contributed by atoms with Gasteiger partial charge in [-0.25, -0.2) is 9.59 Å². The smallest absolute Gasteiger partial charge is 0.355 e. The molecule has 2 N–H and O–H groups in total. The van der Waals surface area contributed by atoms with E-state index in [4.69, 9.17) is 19.9 Å². The normalized spacial score (nSPS) is 15.1. The van der Waals surface area contributed by atoms with Gasteiger partial charge in [-0.1, -0.05) is 42.5 Å². The van der Waals surface area contributed by atoms with Crippen molar-refractivity contribution in [2.45, 2.75) is 12.8 Å². The maximum absolute atomic E-state index is 13.5. The minimum atomic E-state index is -0.993. The number of nitriles is 1. The number of aromatic nitrogens is 3. The molecule has 11 nitrogen and oxygen atoms in total. The Kier molecular flexibility index (Phi) is 7.14. The van der Waals surface area contributed by atoms with Crippen molar-refractivity contribution in [2.24, 2.45) is 5.73 Å². The van der Waals surface area contributed by atoms with Gasteiger partial charge in [0.1, 0.15) is 28.2 Å². The van der Waals surface area contributed by atoms with Crippen LogP contribution in [0.1, 0.15) is 17.0 Å². The van der Waals surface area contributed by atoms with Crippen LogP contribution < -0.4 is 15.4 Å². The topological polar surface area (TPSA) is 146 Å². The number of nitrogens with two attached hydrogens (primary N) is 1. The van der Waals surface area contributed by atoms with Gasteiger partial charge in [-0.05, 0) is 42.3 Å². The predicted molar refractivity (Wildman–Crippen MR) is 150 cm³/mol.